The summed E-state index contributed by atoms with van der Waals surface area (Å²) in [7, 11) is 0. The topological polar surface area (TPSA) is 41.1 Å². The molecule has 0 unspecified atom stereocenters. The monoisotopic (exact) mass is 310 g/mol. The van der Waals surface area contributed by atoms with Crippen molar-refractivity contribution in [2.45, 2.75) is 32.7 Å². The molecule has 1 aliphatic heterocycles. The molecule has 1 fully saturated rings. The highest BCUT2D eigenvalue weighted by molar-refractivity contribution is 9.10. The molecule has 2 N–H and O–H groups in total. The number of halogens is 1. The van der Waals surface area contributed by atoms with Gasteiger partial charge in [-0.2, -0.15) is 0 Å². The number of carbonyl (C=O) groups excluding carboxylic acids is 1. The van der Waals surface area contributed by atoms with Crippen LogP contribution in [0.3, 0.4) is 0 Å². The summed E-state index contributed by atoms with van der Waals surface area (Å²) < 4.78 is 1.04. The van der Waals surface area contributed by atoms with Crippen LogP contribution in [0.4, 0.5) is 5.69 Å². The summed E-state index contributed by atoms with van der Waals surface area (Å²) in [5, 5.41) is 6.40. The maximum absolute atomic E-state index is 12.2. The Labute approximate surface area is 116 Å². The van der Waals surface area contributed by atoms with Crippen LogP contribution in [-0.4, -0.2) is 18.5 Å². The first-order valence-electron chi connectivity index (χ1n) is 6.36. The van der Waals surface area contributed by atoms with Gasteiger partial charge >= 0.3 is 0 Å². The van der Waals surface area contributed by atoms with Crippen LogP contribution >= 0.6 is 15.9 Å². The van der Waals surface area contributed by atoms with Gasteiger partial charge in [0.25, 0.3) is 0 Å². The minimum absolute atomic E-state index is 0.129. The number of carbonyl (C=O) groups is 1. The quantitative estimate of drug-likeness (QED) is 0.881. The second-order valence-corrected chi connectivity index (χ2v) is 5.94. The molecule has 0 radical (unpaired) electrons. The average molecular weight is 311 g/mol. The van der Waals surface area contributed by atoms with E-state index in [-0.39, 0.29) is 11.8 Å². The Kier molecular flexibility index (Phi) is 4.40. The molecule has 98 valence electrons. The fraction of sp³-hybridized carbons (Fsp3) is 0.500. The van der Waals surface area contributed by atoms with E-state index in [1.54, 1.807) is 0 Å². The number of piperidine rings is 1. The molecule has 0 aromatic heterocycles. The zero-order chi connectivity index (χ0) is 13.1. The molecule has 1 aliphatic rings. The Morgan fingerprint density at radius 3 is 2.94 bits per heavy atom. The largest absolute Gasteiger partial charge is 0.326 e. The number of rotatable bonds is 2. The fourth-order valence-corrected chi connectivity index (χ4v) is 2.85. The molecule has 1 aromatic carbocycles. The molecule has 1 saturated heterocycles. The molecule has 0 spiro atoms. The smallest absolute Gasteiger partial charge is 0.227 e. The second-order valence-electron chi connectivity index (χ2n) is 5.02. The number of nitrogens with one attached hydrogen (secondary N) is 2. The number of anilines is 1. The third kappa shape index (κ3) is 3.33. The van der Waals surface area contributed by atoms with E-state index in [0.29, 0.717) is 6.04 Å². The lowest BCUT2D eigenvalue weighted by atomic mass is 9.92. The zero-order valence-electron chi connectivity index (χ0n) is 10.8. The van der Waals surface area contributed by atoms with E-state index in [1.807, 2.05) is 25.1 Å². The van der Waals surface area contributed by atoms with Crippen LogP contribution in [0.1, 0.15) is 25.3 Å². The summed E-state index contributed by atoms with van der Waals surface area (Å²) in [6.07, 6.45) is 1.84. The summed E-state index contributed by atoms with van der Waals surface area (Å²) in [5.41, 5.74) is 1.99. The van der Waals surface area contributed by atoms with Crippen LogP contribution in [0.2, 0.25) is 0 Å². The Morgan fingerprint density at radius 1 is 1.50 bits per heavy atom. The van der Waals surface area contributed by atoms with Gasteiger partial charge in [-0.3, -0.25) is 4.79 Å². The molecular weight excluding hydrogens is 292 g/mol. The highest BCUT2D eigenvalue weighted by Crippen LogP contribution is 2.23. The van der Waals surface area contributed by atoms with Crippen molar-refractivity contribution in [3.63, 3.8) is 0 Å². The molecule has 0 aliphatic carbocycles. The van der Waals surface area contributed by atoms with Crippen LogP contribution in [0, 0.1) is 12.8 Å². The van der Waals surface area contributed by atoms with Gasteiger partial charge in [0, 0.05) is 22.1 Å². The molecule has 1 amide bonds. The van der Waals surface area contributed by atoms with Gasteiger partial charge < -0.3 is 10.6 Å². The number of benzene rings is 1. The number of aryl methyl sites for hydroxylation is 1. The summed E-state index contributed by atoms with van der Waals surface area (Å²) in [6.45, 7) is 5.06. The maximum atomic E-state index is 12.2. The van der Waals surface area contributed by atoms with Gasteiger partial charge in [0.05, 0.1) is 0 Å². The van der Waals surface area contributed by atoms with Crippen LogP contribution in [0.15, 0.2) is 22.7 Å². The van der Waals surface area contributed by atoms with Crippen molar-refractivity contribution in [1.82, 2.24) is 5.32 Å². The minimum Gasteiger partial charge on any atom is -0.326 e. The van der Waals surface area contributed by atoms with E-state index in [2.05, 4.69) is 33.5 Å². The minimum atomic E-state index is 0.129. The first-order chi connectivity index (χ1) is 8.56. The fourth-order valence-electron chi connectivity index (χ4n) is 2.37. The normalized spacial score (nSPS) is 23.7. The van der Waals surface area contributed by atoms with Gasteiger partial charge in [-0.25, -0.2) is 0 Å². The van der Waals surface area contributed by atoms with Gasteiger partial charge in [-0.1, -0.05) is 15.9 Å². The highest BCUT2D eigenvalue weighted by atomic mass is 79.9. The number of hydrogen-bond acceptors (Lipinski definition) is 2. The third-order valence-corrected chi connectivity index (χ3v) is 3.93. The average Bonchev–Trinajstić information content (AvgIpc) is 2.32. The van der Waals surface area contributed by atoms with Crippen molar-refractivity contribution in [3.05, 3.63) is 28.2 Å². The van der Waals surface area contributed by atoms with Crippen molar-refractivity contribution in [2.24, 2.45) is 5.92 Å². The molecule has 1 aromatic rings. The van der Waals surface area contributed by atoms with Crippen LogP contribution in [-0.2, 0) is 4.79 Å². The van der Waals surface area contributed by atoms with Crippen molar-refractivity contribution >= 4 is 27.5 Å². The lowest BCUT2D eigenvalue weighted by molar-refractivity contribution is -0.120. The predicted molar refractivity (Wildman–Crippen MR) is 77.7 cm³/mol. The van der Waals surface area contributed by atoms with Gasteiger partial charge in [0.15, 0.2) is 0 Å². The molecule has 4 heteroatoms. The summed E-state index contributed by atoms with van der Waals surface area (Å²) >= 11 is 3.43. The van der Waals surface area contributed by atoms with E-state index in [9.17, 15) is 4.79 Å². The third-order valence-electron chi connectivity index (χ3n) is 3.44. The molecule has 0 bridgehead atoms. The first kappa shape index (κ1) is 13.6. The van der Waals surface area contributed by atoms with Gasteiger partial charge in [-0.15, -0.1) is 0 Å². The summed E-state index contributed by atoms with van der Waals surface area (Å²) in [6, 6.07) is 6.34. The predicted octanol–water partition coefficient (Wildman–Crippen LogP) is 3.08. The van der Waals surface area contributed by atoms with Gasteiger partial charge in [-0.05, 0) is 57.0 Å². The Balaban J connectivity index is 2.02. The van der Waals surface area contributed by atoms with E-state index in [4.69, 9.17) is 0 Å². The van der Waals surface area contributed by atoms with Crippen molar-refractivity contribution in [2.75, 3.05) is 11.9 Å². The van der Waals surface area contributed by atoms with Crippen molar-refractivity contribution in [1.29, 1.82) is 0 Å². The molecule has 2 atom stereocenters. The second kappa shape index (κ2) is 5.85. The van der Waals surface area contributed by atoms with E-state index in [1.165, 1.54) is 0 Å². The number of hydrogen-bond donors (Lipinski definition) is 2. The van der Waals surface area contributed by atoms with Gasteiger partial charge in [0.1, 0.15) is 0 Å². The molecule has 18 heavy (non-hydrogen) atoms. The summed E-state index contributed by atoms with van der Waals surface area (Å²) in [5.74, 6) is 0.276. The van der Waals surface area contributed by atoms with Crippen LogP contribution in [0.25, 0.3) is 0 Å². The van der Waals surface area contributed by atoms with E-state index < -0.39 is 0 Å². The number of amides is 1. The molecule has 3 nitrogen and oxygen atoms in total. The van der Waals surface area contributed by atoms with E-state index in [0.717, 1.165) is 35.1 Å². The van der Waals surface area contributed by atoms with Crippen LogP contribution in [0.5, 0.6) is 0 Å². The van der Waals surface area contributed by atoms with Gasteiger partial charge in [0.2, 0.25) is 5.91 Å². The highest BCUT2D eigenvalue weighted by Gasteiger charge is 2.24. The zero-order valence-corrected chi connectivity index (χ0v) is 12.4. The molecule has 1 heterocycles. The summed E-state index contributed by atoms with van der Waals surface area (Å²) in [4.78, 5) is 12.2. The standard InChI is InChI=1S/C14H19BrN2O/c1-9-7-12(15)3-4-13(9)17-14(18)11-5-6-16-10(2)8-11/h3-4,7,10-11,16H,5-6,8H2,1-2H3,(H,17,18)/t10-,11-/m0/s1. The van der Waals surface area contributed by atoms with Crippen LogP contribution < -0.4 is 10.6 Å². The Bertz CT molecular complexity index is 447. The first-order valence-corrected chi connectivity index (χ1v) is 7.16. The molecular formula is C14H19BrN2O. The Hall–Kier alpha value is -0.870. The van der Waals surface area contributed by atoms with Crippen molar-refractivity contribution < 1.29 is 4.79 Å². The van der Waals surface area contributed by atoms with E-state index >= 15 is 0 Å². The lowest BCUT2D eigenvalue weighted by Gasteiger charge is -2.27. The molecule has 0 saturated carbocycles. The maximum Gasteiger partial charge on any atom is 0.227 e. The van der Waals surface area contributed by atoms with Crippen molar-refractivity contribution in [3.8, 4) is 0 Å². The lowest BCUT2D eigenvalue weighted by Crippen LogP contribution is -2.40. The SMILES string of the molecule is Cc1cc(Br)ccc1NC(=O)[C@H]1CCN[C@@H](C)C1. The Morgan fingerprint density at radius 2 is 2.28 bits per heavy atom. The molecule has 2 rings (SSSR count).